The lowest BCUT2D eigenvalue weighted by Crippen LogP contribution is -2.58. The molecule has 5 aromatic rings. The van der Waals surface area contributed by atoms with Crippen molar-refractivity contribution in [1.29, 1.82) is 0 Å². The first-order valence-corrected chi connectivity index (χ1v) is 22.4. The number of aromatic amines is 1. The topological polar surface area (TPSA) is 204 Å². The van der Waals surface area contributed by atoms with Crippen molar-refractivity contribution >= 4 is 46.3 Å². The van der Waals surface area contributed by atoms with Gasteiger partial charge in [-0.1, -0.05) is 51.1 Å². The number of carbonyl (C=O) groups excluding carboxylic acids is 4. The first-order chi connectivity index (χ1) is 30.6. The number of piperidine rings is 1. The van der Waals surface area contributed by atoms with Crippen LogP contribution in [0.2, 0.25) is 0 Å². The Balaban J connectivity index is 0.913. The molecule has 0 saturated carbocycles. The van der Waals surface area contributed by atoms with Gasteiger partial charge < -0.3 is 40.3 Å². The van der Waals surface area contributed by atoms with E-state index in [2.05, 4.69) is 47.9 Å². The highest BCUT2D eigenvalue weighted by Gasteiger charge is 2.45. The lowest BCUT2D eigenvalue weighted by molar-refractivity contribution is -0.145. The molecule has 338 valence electrons. The number of anilines is 2. The predicted octanol–water partition coefficient (Wildman–Crippen LogP) is 5.91. The largest absolute Gasteiger partial charge is 0.494 e. The molecule has 0 radical (unpaired) electrons. The molecular formula is C47H57N9O7S. The highest BCUT2D eigenvalue weighted by atomic mass is 32.1. The van der Waals surface area contributed by atoms with Crippen molar-refractivity contribution in [2.45, 2.75) is 97.2 Å². The number of rotatable bonds is 14. The Kier molecular flexibility index (Phi) is 14.1. The van der Waals surface area contributed by atoms with Crippen LogP contribution in [0.25, 0.3) is 21.8 Å². The molecular weight excluding hydrogens is 835 g/mol. The van der Waals surface area contributed by atoms with Crippen molar-refractivity contribution in [1.82, 2.24) is 35.7 Å². The number of aryl methyl sites for hydroxylation is 1. The van der Waals surface area contributed by atoms with E-state index in [1.165, 1.54) is 4.90 Å². The standard InChI is InChI=1S/C47H57N9O7S/c1-27-21-34(18-20-55(27)32-15-16-37(40(22-32)62-7)52-44(59)38-10-8-9-35(51-38)36-17-19-49-54-36)63-25-41(58)53-43(47(4,5)6)46(61)56-24-33(57)23-39(56)45(60)50-28(2)30-11-13-31(14-12-30)42-29(3)48-26-64-42/h8-17,19,22,26-28,33-34,39,43,57H,18,20-21,23-25H2,1-7H3,(H,49,54)(H,50,60)(H,52,59)(H,53,58)/t27-,28-,33+,34-,39-,43+/m0/s1. The van der Waals surface area contributed by atoms with E-state index in [1.807, 2.05) is 76.5 Å². The molecule has 2 fully saturated rings. The Labute approximate surface area is 377 Å². The molecule has 4 amide bonds. The second kappa shape index (κ2) is 19.7. The zero-order valence-corrected chi connectivity index (χ0v) is 38.1. The number of amides is 4. The molecule has 2 aliphatic rings. The minimum Gasteiger partial charge on any atom is -0.494 e. The Bertz CT molecular complexity index is 2430. The highest BCUT2D eigenvalue weighted by molar-refractivity contribution is 7.13. The van der Waals surface area contributed by atoms with Crippen LogP contribution in [-0.2, 0) is 19.1 Å². The number of nitrogens with one attached hydrogen (secondary N) is 4. The van der Waals surface area contributed by atoms with E-state index in [9.17, 15) is 24.3 Å². The zero-order valence-electron chi connectivity index (χ0n) is 37.3. The number of H-pyrrole nitrogens is 1. The maximum Gasteiger partial charge on any atom is 0.274 e. The number of thiazole rings is 1. The van der Waals surface area contributed by atoms with Gasteiger partial charge in [0.1, 0.15) is 30.1 Å². The van der Waals surface area contributed by atoms with Crippen molar-refractivity contribution in [2.24, 2.45) is 5.41 Å². The highest BCUT2D eigenvalue weighted by Crippen LogP contribution is 2.34. The first kappa shape index (κ1) is 45.8. The molecule has 2 saturated heterocycles. The zero-order chi connectivity index (χ0) is 45.7. The molecule has 5 heterocycles. The number of benzene rings is 2. The van der Waals surface area contributed by atoms with Crippen LogP contribution in [0.5, 0.6) is 5.75 Å². The number of ether oxygens (including phenoxy) is 2. The van der Waals surface area contributed by atoms with E-state index >= 15 is 0 Å². The fourth-order valence-corrected chi connectivity index (χ4v) is 9.15. The summed E-state index contributed by atoms with van der Waals surface area (Å²) in [5, 5.41) is 26.4. The lowest BCUT2D eigenvalue weighted by Gasteiger charge is -2.39. The van der Waals surface area contributed by atoms with Gasteiger partial charge in [-0.15, -0.1) is 11.3 Å². The van der Waals surface area contributed by atoms with Gasteiger partial charge in [0.25, 0.3) is 5.91 Å². The number of β-amino-alcohol motifs (C(OH)–C–C–N with tert-alkyl or cyclic N) is 1. The van der Waals surface area contributed by atoms with Crippen LogP contribution in [-0.4, -0.2) is 111 Å². The molecule has 64 heavy (non-hydrogen) atoms. The van der Waals surface area contributed by atoms with Gasteiger partial charge in [0.15, 0.2) is 0 Å². The normalized spacial score (nSPS) is 19.8. The Hall–Kier alpha value is -6.17. The number of carbonyl (C=O) groups is 4. The molecule has 0 spiro atoms. The molecule has 0 aliphatic carbocycles. The molecule has 7 rings (SSSR count). The van der Waals surface area contributed by atoms with Gasteiger partial charge in [-0.3, -0.25) is 24.3 Å². The average molecular weight is 892 g/mol. The summed E-state index contributed by atoms with van der Waals surface area (Å²) in [6, 6.07) is 18.4. The van der Waals surface area contributed by atoms with E-state index in [1.54, 1.807) is 55.0 Å². The van der Waals surface area contributed by atoms with Crippen molar-refractivity contribution in [3.05, 3.63) is 95.4 Å². The van der Waals surface area contributed by atoms with Gasteiger partial charge in [-0.25, -0.2) is 9.97 Å². The summed E-state index contributed by atoms with van der Waals surface area (Å²) in [6.07, 6.45) is 1.91. The molecule has 2 aromatic carbocycles. The molecule has 0 bridgehead atoms. The summed E-state index contributed by atoms with van der Waals surface area (Å²) in [4.78, 5) is 68.1. The number of hydrogen-bond donors (Lipinski definition) is 5. The minimum atomic E-state index is -0.976. The van der Waals surface area contributed by atoms with Crippen LogP contribution in [0, 0.1) is 12.3 Å². The molecule has 16 nitrogen and oxygen atoms in total. The Morgan fingerprint density at radius 3 is 2.48 bits per heavy atom. The molecule has 5 N–H and O–H groups in total. The van der Waals surface area contributed by atoms with Crippen molar-refractivity contribution in [2.75, 3.05) is 37.0 Å². The number of aromatic nitrogens is 4. The third kappa shape index (κ3) is 10.6. The number of hydrogen-bond acceptors (Lipinski definition) is 12. The Morgan fingerprint density at radius 2 is 1.81 bits per heavy atom. The van der Waals surface area contributed by atoms with E-state index < -0.39 is 35.4 Å². The van der Waals surface area contributed by atoms with Crippen LogP contribution >= 0.6 is 11.3 Å². The van der Waals surface area contributed by atoms with Crippen LogP contribution in [0.15, 0.2) is 78.4 Å². The number of aliphatic hydroxyl groups excluding tert-OH is 1. The summed E-state index contributed by atoms with van der Waals surface area (Å²) in [5.41, 5.74) is 6.97. The average Bonchev–Trinajstić information content (AvgIpc) is 4.07. The number of pyridine rings is 1. The SMILES string of the molecule is COc1cc(N2CC[C@H](OCC(=O)N[C@H](C(=O)N3C[C@H](O)C[C@H]3C(=O)N[C@@H](C)c3ccc(-c4scnc4C)cc3)C(C)(C)C)C[C@@H]2C)ccc1NC(=O)c1cccc(-c2ccn[nH]2)n1. The summed E-state index contributed by atoms with van der Waals surface area (Å²) in [6.45, 7) is 11.9. The van der Waals surface area contributed by atoms with E-state index in [-0.39, 0.29) is 55.3 Å². The number of methoxy groups -OCH3 is 1. The van der Waals surface area contributed by atoms with Crippen molar-refractivity contribution in [3.8, 4) is 27.6 Å². The van der Waals surface area contributed by atoms with Gasteiger partial charge in [0.2, 0.25) is 17.7 Å². The maximum absolute atomic E-state index is 14.2. The van der Waals surface area contributed by atoms with Crippen LogP contribution in [0.4, 0.5) is 11.4 Å². The second-order valence-corrected chi connectivity index (χ2v) is 18.5. The van der Waals surface area contributed by atoms with Crippen LogP contribution in [0.3, 0.4) is 0 Å². The summed E-state index contributed by atoms with van der Waals surface area (Å²) in [5.74, 6) is -1.14. The fraction of sp³-hybridized carbons (Fsp3) is 0.426. The quantitative estimate of drug-likeness (QED) is 0.0887. The Morgan fingerprint density at radius 1 is 1.03 bits per heavy atom. The molecule has 6 atom stereocenters. The number of aliphatic hydroxyl groups is 1. The third-order valence-corrected chi connectivity index (χ3v) is 12.8. The smallest absolute Gasteiger partial charge is 0.274 e. The van der Waals surface area contributed by atoms with Gasteiger partial charge in [0, 0.05) is 43.5 Å². The molecule has 2 aliphatic heterocycles. The predicted molar refractivity (Wildman–Crippen MR) is 245 cm³/mol. The van der Waals surface area contributed by atoms with E-state index in [4.69, 9.17) is 9.47 Å². The first-order valence-electron chi connectivity index (χ1n) is 21.5. The maximum atomic E-state index is 14.2. The van der Waals surface area contributed by atoms with Gasteiger partial charge >= 0.3 is 0 Å². The van der Waals surface area contributed by atoms with Crippen molar-refractivity contribution in [3.63, 3.8) is 0 Å². The van der Waals surface area contributed by atoms with Crippen LogP contribution in [0.1, 0.15) is 81.7 Å². The van der Waals surface area contributed by atoms with E-state index in [0.717, 1.165) is 27.4 Å². The van der Waals surface area contributed by atoms with E-state index in [0.29, 0.717) is 42.2 Å². The van der Waals surface area contributed by atoms with Crippen LogP contribution < -0.4 is 25.6 Å². The summed E-state index contributed by atoms with van der Waals surface area (Å²) < 4.78 is 11.8. The van der Waals surface area contributed by atoms with Gasteiger partial charge in [-0.2, -0.15) is 5.10 Å². The molecule has 17 heteroatoms. The molecule has 0 unspecified atom stereocenters. The summed E-state index contributed by atoms with van der Waals surface area (Å²) in [7, 11) is 1.55. The van der Waals surface area contributed by atoms with Gasteiger partial charge in [0.05, 0.1) is 58.5 Å². The minimum absolute atomic E-state index is 0.0218. The summed E-state index contributed by atoms with van der Waals surface area (Å²) >= 11 is 1.57. The number of nitrogens with zero attached hydrogens (tertiary/aromatic N) is 5. The third-order valence-electron chi connectivity index (χ3n) is 11.9. The molecule has 3 aromatic heterocycles. The van der Waals surface area contributed by atoms with Gasteiger partial charge in [-0.05, 0) is 80.5 Å². The fourth-order valence-electron chi connectivity index (χ4n) is 8.33. The van der Waals surface area contributed by atoms with Crippen molar-refractivity contribution < 1.29 is 33.8 Å². The number of likely N-dealkylation sites (tertiary alicyclic amines) is 1. The monoisotopic (exact) mass is 891 g/mol. The lowest BCUT2D eigenvalue weighted by atomic mass is 9.85. The second-order valence-electron chi connectivity index (χ2n) is 17.6.